The highest BCUT2D eigenvalue weighted by Gasteiger charge is 2.14. The molecule has 20 heavy (non-hydrogen) atoms. The van der Waals surface area contributed by atoms with Crippen molar-refractivity contribution in [2.24, 2.45) is 10.9 Å². The van der Waals surface area contributed by atoms with Crippen LogP contribution in [0.3, 0.4) is 0 Å². The van der Waals surface area contributed by atoms with Gasteiger partial charge in [0.2, 0.25) is 0 Å². The van der Waals surface area contributed by atoms with E-state index in [1.165, 1.54) is 11.3 Å². The summed E-state index contributed by atoms with van der Waals surface area (Å²) in [6, 6.07) is 5.04. The van der Waals surface area contributed by atoms with E-state index in [4.69, 9.17) is 10.9 Å². The molecule has 4 N–H and O–H groups in total. The minimum Gasteiger partial charge on any atom is -0.409 e. The molecule has 0 saturated heterocycles. The first-order valence-electron chi connectivity index (χ1n) is 5.52. The molecule has 1 heterocycles. The van der Waals surface area contributed by atoms with E-state index in [2.05, 4.69) is 31.4 Å². The van der Waals surface area contributed by atoms with Crippen molar-refractivity contribution in [3.05, 3.63) is 44.3 Å². The normalized spacial score (nSPS) is 11.4. The molecule has 0 saturated carbocycles. The van der Waals surface area contributed by atoms with Crippen molar-refractivity contribution in [1.29, 1.82) is 0 Å². The van der Waals surface area contributed by atoms with Gasteiger partial charge < -0.3 is 16.3 Å². The van der Waals surface area contributed by atoms with E-state index < -0.39 is 0 Å². The molecule has 2 aromatic rings. The predicted molar refractivity (Wildman–Crippen MR) is 81.5 cm³/mol. The number of anilines is 1. The number of nitrogens with one attached hydrogen (secondary N) is 1. The molecule has 104 valence electrons. The van der Waals surface area contributed by atoms with Crippen LogP contribution in [0.25, 0.3) is 0 Å². The van der Waals surface area contributed by atoms with Gasteiger partial charge in [-0.25, -0.2) is 4.98 Å². The van der Waals surface area contributed by atoms with Crippen molar-refractivity contribution in [2.45, 2.75) is 6.92 Å². The number of aromatic nitrogens is 1. The van der Waals surface area contributed by atoms with Crippen LogP contribution in [0.15, 0.2) is 33.2 Å². The molecule has 8 heteroatoms. The van der Waals surface area contributed by atoms with Gasteiger partial charge in [-0.2, -0.15) is 0 Å². The molecule has 0 spiro atoms. The highest BCUT2D eigenvalue weighted by molar-refractivity contribution is 9.10. The van der Waals surface area contributed by atoms with Crippen LogP contribution < -0.4 is 11.1 Å². The van der Waals surface area contributed by atoms with Crippen LogP contribution in [0, 0.1) is 6.92 Å². The fourth-order valence-corrected chi connectivity index (χ4v) is 2.51. The number of nitrogens with zero attached hydrogens (tertiary/aromatic N) is 2. The molecule has 2 rings (SSSR count). The summed E-state index contributed by atoms with van der Waals surface area (Å²) in [5.74, 6) is -0.429. The minimum absolute atomic E-state index is 0.0812. The standard InChI is InChI=1S/C12H11BrN4O2S/c1-6-15-10(5-20-6)12(18)16-9-4-7(13)2-3-8(9)11(14)17-19/h2-5,19H,1H3,(H2,14,17)(H,16,18). The van der Waals surface area contributed by atoms with Gasteiger partial charge in [-0.05, 0) is 25.1 Å². The average molecular weight is 355 g/mol. The Balaban J connectivity index is 2.33. The summed E-state index contributed by atoms with van der Waals surface area (Å²) in [5.41, 5.74) is 6.78. The molecule has 0 aliphatic carbocycles. The lowest BCUT2D eigenvalue weighted by Gasteiger charge is -2.09. The summed E-state index contributed by atoms with van der Waals surface area (Å²) in [6.07, 6.45) is 0. The number of benzene rings is 1. The van der Waals surface area contributed by atoms with Crippen molar-refractivity contribution in [2.75, 3.05) is 5.32 Å². The lowest BCUT2D eigenvalue weighted by atomic mass is 10.1. The maximum absolute atomic E-state index is 12.1. The van der Waals surface area contributed by atoms with Crippen molar-refractivity contribution in [3.63, 3.8) is 0 Å². The Hall–Kier alpha value is -1.93. The van der Waals surface area contributed by atoms with Crippen LogP contribution in [0.4, 0.5) is 5.69 Å². The van der Waals surface area contributed by atoms with Crippen molar-refractivity contribution in [3.8, 4) is 0 Å². The third-order valence-electron chi connectivity index (χ3n) is 2.47. The summed E-state index contributed by atoms with van der Waals surface area (Å²) >= 11 is 4.70. The lowest BCUT2D eigenvalue weighted by Crippen LogP contribution is -2.19. The van der Waals surface area contributed by atoms with Gasteiger partial charge in [0.25, 0.3) is 5.91 Å². The van der Waals surface area contributed by atoms with E-state index in [0.717, 1.165) is 9.48 Å². The third kappa shape index (κ3) is 3.14. The summed E-state index contributed by atoms with van der Waals surface area (Å²) in [6.45, 7) is 1.82. The number of halogens is 1. The zero-order chi connectivity index (χ0) is 14.7. The molecule has 0 aliphatic heterocycles. The number of thiazole rings is 1. The number of hydrogen-bond donors (Lipinski definition) is 3. The topological polar surface area (TPSA) is 101 Å². The Kier molecular flexibility index (Phi) is 4.35. The molecule has 0 atom stereocenters. The van der Waals surface area contributed by atoms with Crippen molar-refractivity contribution in [1.82, 2.24) is 4.98 Å². The van der Waals surface area contributed by atoms with Crippen molar-refractivity contribution >= 4 is 44.7 Å². The zero-order valence-corrected chi connectivity index (χ0v) is 12.8. The van der Waals surface area contributed by atoms with Crippen molar-refractivity contribution < 1.29 is 10.0 Å². The number of rotatable bonds is 3. The van der Waals surface area contributed by atoms with E-state index in [9.17, 15) is 4.79 Å². The number of carbonyl (C=O) groups is 1. The molecule has 0 fully saturated rings. The number of carbonyl (C=O) groups excluding carboxylic acids is 1. The second-order valence-electron chi connectivity index (χ2n) is 3.88. The van der Waals surface area contributed by atoms with E-state index in [-0.39, 0.29) is 11.7 Å². The highest BCUT2D eigenvalue weighted by Crippen LogP contribution is 2.22. The summed E-state index contributed by atoms with van der Waals surface area (Å²) in [4.78, 5) is 16.2. The first-order chi connectivity index (χ1) is 9.51. The number of aryl methyl sites for hydroxylation is 1. The minimum atomic E-state index is -0.348. The van der Waals surface area contributed by atoms with Crippen LogP contribution in [0.2, 0.25) is 0 Å². The molecule has 0 unspecified atom stereocenters. The van der Waals surface area contributed by atoms with Gasteiger partial charge in [-0.1, -0.05) is 21.1 Å². The van der Waals surface area contributed by atoms with Gasteiger partial charge in [0.1, 0.15) is 5.69 Å². The van der Waals surface area contributed by atoms with Crippen LogP contribution in [-0.2, 0) is 0 Å². The number of nitrogens with two attached hydrogens (primary N) is 1. The highest BCUT2D eigenvalue weighted by atomic mass is 79.9. The molecule has 0 aliphatic rings. The lowest BCUT2D eigenvalue weighted by molar-refractivity contribution is 0.102. The van der Waals surface area contributed by atoms with E-state index in [0.29, 0.717) is 16.9 Å². The predicted octanol–water partition coefficient (Wildman–Crippen LogP) is 2.56. The molecular weight excluding hydrogens is 344 g/mol. The zero-order valence-electron chi connectivity index (χ0n) is 10.4. The summed E-state index contributed by atoms with van der Waals surface area (Å²) in [7, 11) is 0. The van der Waals surface area contributed by atoms with E-state index >= 15 is 0 Å². The van der Waals surface area contributed by atoms with Gasteiger partial charge in [-0.3, -0.25) is 4.79 Å². The monoisotopic (exact) mass is 354 g/mol. The van der Waals surface area contributed by atoms with Gasteiger partial charge in [0.15, 0.2) is 5.84 Å². The molecule has 6 nitrogen and oxygen atoms in total. The van der Waals surface area contributed by atoms with Crippen LogP contribution >= 0.6 is 27.3 Å². The average Bonchev–Trinajstić information content (AvgIpc) is 2.85. The molecule has 0 bridgehead atoms. The maximum Gasteiger partial charge on any atom is 0.275 e. The number of amidine groups is 1. The van der Waals surface area contributed by atoms with Crippen LogP contribution in [0.1, 0.15) is 21.1 Å². The SMILES string of the molecule is Cc1nc(C(=O)Nc2cc(Br)ccc2/C(N)=N/O)cs1. The number of oxime groups is 1. The Morgan fingerprint density at radius 1 is 1.55 bits per heavy atom. The smallest absolute Gasteiger partial charge is 0.275 e. The first-order valence-corrected chi connectivity index (χ1v) is 7.19. The molecule has 0 radical (unpaired) electrons. The third-order valence-corrected chi connectivity index (χ3v) is 3.73. The first kappa shape index (κ1) is 14.5. The molecular formula is C12H11BrN4O2S. The second kappa shape index (κ2) is 6.02. The quantitative estimate of drug-likeness (QED) is 0.341. The van der Waals surface area contributed by atoms with Crippen LogP contribution in [0.5, 0.6) is 0 Å². The van der Waals surface area contributed by atoms with Gasteiger partial charge in [0.05, 0.1) is 10.7 Å². The summed E-state index contributed by atoms with van der Waals surface area (Å²) in [5, 5.41) is 16.9. The van der Waals surface area contributed by atoms with Gasteiger partial charge in [-0.15, -0.1) is 11.3 Å². The largest absolute Gasteiger partial charge is 0.409 e. The van der Waals surface area contributed by atoms with Gasteiger partial charge in [0, 0.05) is 15.4 Å². The Labute approximate surface area is 127 Å². The Morgan fingerprint density at radius 2 is 2.30 bits per heavy atom. The number of amides is 1. The maximum atomic E-state index is 12.1. The molecule has 1 aromatic carbocycles. The van der Waals surface area contributed by atoms with E-state index in [1.54, 1.807) is 23.6 Å². The Morgan fingerprint density at radius 3 is 2.90 bits per heavy atom. The van der Waals surface area contributed by atoms with Gasteiger partial charge >= 0.3 is 0 Å². The fourth-order valence-electron chi connectivity index (χ4n) is 1.55. The molecule has 1 aromatic heterocycles. The molecule has 1 amide bonds. The fraction of sp³-hybridized carbons (Fsp3) is 0.0833. The Bertz CT molecular complexity index is 684. The van der Waals surface area contributed by atoms with Crippen LogP contribution in [-0.4, -0.2) is 21.9 Å². The van der Waals surface area contributed by atoms with E-state index in [1.807, 2.05) is 6.92 Å². The summed E-state index contributed by atoms with van der Waals surface area (Å²) < 4.78 is 0.761. The second-order valence-corrected chi connectivity index (χ2v) is 5.86. The number of hydrogen-bond acceptors (Lipinski definition) is 5.